The summed E-state index contributed by atoms with van der Waals surface area (Å²) in [5.74, 6) is 0.685. The summed E-state index contributed by atoms with van der Waals surface area (Å²) >= 11 is 6.27. The molecule has 0 radical (unpaired) electrons. The quantitative estimate of drug-likeness (QED) is 0.830. The third-order valence-electron chi connectivity index (χ3n) is 3.21. The Morgan fingerprint density at radius 1 is 1.27 bits per heavy atom. The van der Waals surface area contributed by atoms with E-state index in [1.54, 1.807) is 6.20 Å². The van der Waals surface area contributed by atoms with E-state index in [9.17, 15) is 4.79 Å². The number of hydrogen-bond acceptors (Lipinski definition) is 3. The molecule has 5 heteroatoms. The van der Waals surface area contributed by atoms with E-state index in [-0.39, 0.29) is 5.91 Å². The molecule has 0 atom stereocenters. The molecule has 0 saturated heterocycles. The Morgan fingerprint density at radius 3 is 2.64 bits per heavy atom. The number of aryl methyl sites for hydroxylation is 2. The van der Waals surface area contributed by atoms with Gasteiger partial charge in [-0.3, -0.25) is 4.79 Å². The van der Waals surface area contributed by atoms with Crippen LogP contribution in [0.3, 0.4) is 0 Å². The van der Waals surface area contributed by atoms with Crippen molar-refractivity contribution in [2.75, 3.05) is 10.6 Å². The summed E-state index contributed by atoms with van der Waals surface area (Å²) in [5.41, 5.74) is 3.72. The van der Waals surface area contributed by atoms with Gasteiger partial charge in [-0.15, -0.1) is 0 Å². The smallest absolute Gasteiger partial charge is 0.224 e. The minimum absolute atomic E-state index is 0.00225. The molecule has 1 heterocycles. The fourth-order valence-electron chi connectivity index (χ4n) is 2.19. The van der Waals surface area contributed by atoms with E-state index in [1.165, 1.54) is 0 Å². The van der Waals surface area contributed by atoms with Crippen LogP contribution >= 0.6 is 11.6 Å². The molecule has 2 rings (SSSR count). The maximum atomic E-state index is 11.5. The Kier molecular flexibility index (Phi) is 5.39. The molecule has 1 aromatic heterocycles. The van der Waals surface area contributed by atoms with E-state index < -0.39 is 0 Å². The van der Waals surface area contributed by atoms with Gasteiger partial charge < -0.3 is 10.6 Å². The second kappa shape index (κ2) is 7.27. The summed E-state index contributed by atoms with van der Waals surface area (Å²) in [5, 5.41) is 6.69. The highest BCUT2D eigenvalue weighted by Crippen LogP contribution is 2.29. The van der Waals surface area contributed by atoms with Gasteiger partial charge in [0.25, 0.3) is 0 Å². The molecule has 0 unspecified atom stereocenters. The van der Waals surface area contributed by atoms with Crippen molar-refractivity contribution in [3.8, 4) is 0 Å². The van der Waals surface area contributed by atoms with Crippen LogP contribution in [0.4, 0.5) is 17.2 Å². The summed E-state index contributed by atoms with van der Waals surface area (Å²) in [6, 6.07) is 7.61. The largest absolute Gasteiger partial charge is 0.339 e. The average Bonchev–Trinajstić information content (AvgIpc) is 2.45. The second-order valence-electron chi connectivity index (χ2n) is 5.29. The number of anilines is 3. The van der Waals surface area contributed by atoms with E-state index in [4.69, 9.17) is 11.6 Å². The van der Waals surface area contributed by atoms with Crippen molar-refractivity contribution in [3.05, 3.63) is 46.6 Å². The number of aromatic nitrogens is 1. The van der Waals surface area contributed by atoms with Crippen LogP contribution in [0.1, 0.15) is 30.9 Å². The minimum Gasteiger partial charge on any atom is -0.339 e. The van der Waals surface area contributed by atoms with E-state index in [2.05, 4.69) is 21.7 Å². The number of hydrogen-bond donors (Lipinski definition) is 2. The third kappa shape index (κ3) is 4.21. The highest BCUT2D eigenvalue weighted by atomic mass is 35.5. The lowest BCUT2D eigenvalue weighted by atomic mass is 10.1. The molecule has 1 aromatic carbocycles. The van der Waals surface area contributed by atoms with Gasteiger partial charge in [0, 0.05) is 6.42 Å². The van der Waals surface area contributed by atoms with Crippen molar-refractivity contribution in [2.24, 2.45) is 0 Å². The molecule has 0 saturated carbocycles. The Labute approximate surface area is 135 Å². The minimum atomic E-state index is 0.00225. The molecule has 0 aliphatic heterocycles. The molecule has 0 aliphatic carbocycles. The van der Waals surface area contributed by atoms with E-state index in [0.717, 1.165) is 23.2 Å². The highest BCUT2D eigenvalue weighted by Gasteiger charge is 2.07. The zero-order valence-corrected chi connectivity index (χ0v) is 13.8. The molecule has 0 aliphatic rings. The van der Waals surface area contributed by atoms with Crippen molar-refractivity contribution >= 4 is 34.7 Å². The van der Waals surface area contributed by atoms with Crippen molar-refractivity contribution in [3.63, 3.8) is 0 Å². The number of benzene rings is 1. The zero-order valence-electron chi connectivity index (χ0n) is 13.0. The van der Waals surface area contributed by atoms with Crippen molar-refractivity contribution in [1.29, 1.82) is 0 Å². The van der Waals surface area contributed by atoms with E-state index in [1.807, 2.05) is 39.0 Å². The lowest BCUT2D eigenvalue weighted by Gasteiger charge is -2.12. The number of nitrogens with one attached hydrogen (secondary N) is 2. The van der Waals surface area contributed by atoms with E-state index in [0.29, 0.717) is 22.9 Å². The van der Waals surface area contributed by atoms with Gasteiger partial charge in [0.2, 0.25) is 5.91 Å². The maximum Gasteiger partial charge on any atom is 0.224 e. The number of nitrogens with zero attached hydrogens (tertiary/aromatic N) is 1. The number of pyridine rings is 1. The van der Waals surface area contributed by atoms with E-state index >= 15 is 0 Å². The van der Waals surface area contributed by atoms with Crippen molar-refractivity contribution in [2.45, 2.75) is 33.6 Å². The predicted octanol–water partition coefficient (Wildman–Crippen LogP) is 4.83. The number of halogens is 1. The van der Waals surface area contributed by atoms with Crippen molar-refractivity contribution < 1.29 is 4.79 Å². The molecule has 116 valence electrons. The summed E-state index contributed by atoms with van der Waals surface area (Å²) < 4.78 is 0. The Hall–Kier alpha value is -2.07. The topological polar surface area (TPSA) is 54.0 Å². The van der Waals surface area contributed by atoms with Crippen LogP contribution < -0.4 is 10.6 Å². The molecular weight excluding hydrogens is 298 g/mol. The monoisotopic (exact) mass is 317 g/mol. The van der Waals surface area contributed by atoms with Gasteiger partial charge in [0.05, 0.1) is 22.6 Å². The SMILES string of the molecule is CCCC(=O)Nc1ccc(Nc2c(C)cc(C)cc2Cl)nc1. The van der Waals surface area contributed by atoms with Crippen LogP contribution in [0, 0.1) is 13.8 Å². The van der Waals surface area contributed by atoms with Gasteiger partial charge in [0.15, 0.2) is 0 Å². The first kappa shape index (κ1) is 16.3. The zero-order chi connectivity index (χ0) is 16.1. The summed E-state index contributed by atoms with van der Waals surface area (Å²) in [7, 11) is 0. The normalized spacial score (nSPS) is 10.4. The van der Waals surface area contributed by atoms with Crippen LogP contribution in [-0.2, 0) is 4.79 Å². The van der Waals surface area contributed by atoms with Crippen molar-refractivity contribution in [1.82, 2.24) is 4.98 Å². The van der Waals surface area contributed by atoms with Gasteiger partial charge in [-0.1, -0.05) is 24.6 Å². The summed E-state index contributed by atoms with van der Waals surface area (Å²) in [6.45, 7) is 5.98. The average molecular weight is 318 g/mol. The molecule has 22 heavy (non-hydrogen) atoms. The van der Waals surface area contributed by atoms with Gasteiger partial charge in [0.1, 0.15) is 5.82 Å². The Balaban J connectivity index is 2.10. The lowest BCUT2D eigenvalue weighted by Crippen LogP contribution is -2.10. The summed E-state index contributed by atoms with van der Waals surface area (Å²) in [6.07, 6.45) is 2.97. The fraction of sp³-hybridized carbons (Fsp3) is 0.294. The first-order valence-electron chi connectivity index (χ1n) is 7.29. The number of rotatable bonds is 5. The molecule has 2 aromatic rings. The van der Waals surface area contributed by atoms with Gasteiger partial charge >= 0.3 is 0 Å². The molecule has 0 spiro atoms. The van der Waals surface area contributed by atoms with Crippen LogP contribution in [0.2, 0.25) is 5.02 Å². The second-order valence-corrected chi connectivity index (χ2v) is 5.70. The molecular formula is C17H20ClN3O. The van der Waals surface area contributed by atoms with Crippen LogP contribution in [0.25, 0.3) is 0 Å². The first-order chi connectivity index (χ1) is 10.5. The lowest BCUT2D eigenvalue weighted by molar-refractivity contribution is -0.116. The predicted molar refractivity (Wildman–Crippen MR) is 92.0 cm³/mol. The number of amides is 1. The molecule has 0 fully saturated rings. The van der Waals surface area contributed by atoms with Gasteiger partial charge in [-0.2, -0.15) is 0 Å². The maximum absolute atomic E-state index is 11.5. The van der Waals surface area contributed by atoms with Crippen LogP contribution in [0.15, 0.2) is 30.5 Å². The standard InChI is InChI=1S/C17H20ClN3O/c1-4-5-16(22)20-13-6-7-15(19-10-13)21-17-12(3)8-11(2)9-14(17)18/h6-10H,4-5H2,1-3H3,(H,19,21)(H,20,22). The van der Waals surface area contributed by atoms with Crippen LogP contribution in [-0.4, -0.2) is 10.9 Å². The first-order valence-corrected chi connectivity index (χ1v) is 7.67. The third-order valence-corrected chi connectivity index (χ3v) is 3.51. The molecule has 0 bridgehead atoms. The Morgan fingerprint density at radius 2 is 2.05 bits per heavy atom. The highest BCUT2D eigenvalue weighted by molar-refractivity contribution is 6.33. The molecule has 1 amide bonds. The molecule has 4 nitrogen and oxygen atoms in total. The van der Waals surface area contributed by atoms with Crippen LogP contribution in [0.5, 0.6) is 0 Å². The fourth-order valence-corrected chi connectivity index (χ4v) is 2.56. The number of carbonyl (C=O) groups is 1. The van der Waals surface area contributed by atoms with Gasteiger partial charge in [-0.05, 0) is 49.6 Å². The summed E-state index contributed by atoms with van der Waals surface area (Å²) in [4.78, 5) is 15.8. The Bertz CT molecular complexity index is 645. The number of carbonyl (C=O) groups excluding carboxylic acids is 1. The molecule has 2 N–H and O–H groups in total. The van der Waals surface area contributed by atoms with Gasteiger partial charge in [-0.25, -0.2) is 4.98 Å².